The van der Waals surface area contributed by atoms with Crippen molar-refractivity contribution in [3.8, 4) is 0 Å². The van der Waals surface area contributed by atoms with Gasteiger partial charge in [0, 0.05) is 18.7 Å². The van der Waals surface area contributed by atoms with E-state index in [9.17, 15) is 25.1 Å². The van der Waals surface area contributed by atoms with Gasteiger partial charge >= 0.3 is 0 Å². The highest BCUT2D eigenvalue weighted by molar-refractivity contribution is 5.72. The summed E-state index contributed by atoms with van der Waals surface area (Å²) in [6.45, 7) is 0. The number of anilines is 1. The largest absolute Gasteiger partial charge is 0.390 e. The molecule has 1 aromatic heterocycles. The third-order valence-electron chi connectivity index (χ3n) is 3.83. The topological polar surface area (TPSA) is 149 Å². The fourth-order valence-electron chi connectivity index (χ4n) is 2.67. The van der Waals surface area contributed by atoms with Gasteiger partial charge < -0.3 is 15.5 Å². The van der Waals surface area contributed by atoms with E-state index in [0.29, 0.717) is 12.8 Å². The summed E-state index contributed by atoms with van der Waals surface area (Å²) in [6, 6.07) is 1.99. The first-order chi connectivity index (χ1) is 10.4. The third kappa shape index (κ3) is 3.68. The molecule has 2 rings (SSSR count). The molecule has 1 heterocycles. The minimum Gasteiger partial charge on any atom is -0.390 e. The summed E-state index contributed by atoms with van der Waals surface area (Å²) in [5.74, 6) is -0.776. The summed E-state index contributed by atoms with van der Waals surface area (Å²) in [7, 11) is 0. The number of hydrogen-bond acceptors (Lipinski definition) is 7. The van der Waals surface area contributed by atoms with Gasteiger partial charge in [0.2, 0.25) is 5.91 Å². The Morgan fingerprint density at radius 2 is 2.23 bits per heavy atom. The highest BCUT2D eigenvalue weighted by Crippen LogP contribution is 2.32. The summed E-state index contributed by atoms with van der Waals surface area (Å²) in [6.07, 6.45) is -0.0476. The van der Waals surface area contributed by atoms with E-state index < -0.39 is 29.1 Å². The highest BCUT2D eigenvalue weighted by Gasteiger charge is 2.41. The second-order valence-electron chi connectivity index (χ2n) is 5.35. The summed E-state index contributed by atoms with van der Waals surface area (Å²) >= 11 is 0. The molecule has 0 aliphatic heterocycles. The van der Waals surface area contributed by atoms with Gasteiger partial charge in [0.1, 0.15) is 11.9 Å². The number of amides is 1. The molecule has 4 atom stereocenters. The average molecular weight is 309 g/mol. The number of nitro groups is 1. The van der Waals surface area contributed by atoms with Gasteiger partial charge in [0.05, 0.1) is 23.1 Å². The molecule has 1 radical (unpaired) electrons. The van der Waals surface area contributed by atoms with Crippen LogP contribution in [-0.4, -0.2) is 44.3 Å². The molecule has 9 nitrogen and oxygen atoms in total. The summed E-state index contributed by atoms with van der Waals surface area (Å²) in [4.78, 5) is 24.8. The van der Waals surface area contributed by atoms with Gasteiger partial charge in [-0.3, -0.25) is 20.6 Å². The predicted octanol–water partition coefficient (Wildman–Crippen LogP) is 0.102. The van der Waals surface area contributed by atoms with Gasteiger partial charge in [0.15, 0.2) is 0 Å². The molecular formula is C13H17N4O5. The van der Waals surface area contributed by atoms with Gasteiger partial charge in [-0.1, -0.05) is 0 Å². The number of rotatable bonds is 6. The van der Waals surface area contributed by atoms with Gasteiger partial charge in [-0.25, -0.2) is 4.98 Å². The molecule has 9 heteroatoms. The van der Waals surface area contributed by atoms with Crippen LogP contribution in [0.3, 0.4) is 0 Å². The quantitative estimate of drug-likeness (QED) is 0.498. The maximum Gasteiger partial charge on any atom is 0.274 e. The Kier molecular flexibility index (Phi) is 4.88. The van der Waals surface area contributed by atoms with Gasteiger partial charge in [-0.15, -0.1) is 0 Å². The summed E-state index contributed by atoms with van der Waals surface area (Å²) in [5.41, 5.74) is 6.76. The molecule has 1 amide bonds. The Bertz CT molecular complexity index is 567. The van der Waals surface area contributed by atoms with Crippen LogP contribution in [0.5, 0.6) is 0 Å². The van der Waals surface area contributed by atoms with Crippen LogP contribution in [0, 0.1) is 16.0 Å². The van der Waals surface area contributed by atoms with Crippen molar-refractivity contribution in [2.24, 2.45) is 5.92 Å². The molecule has 0 saturated heterocycles. The van der Waals surface area contributed by atoms with E-state index in [2.05, 4.69) is 10.3 Å². The lowest BCUT2D eigenvalue weighted by Gasteiger charge is -2.18. The number of pyridine rings is 1. The molecule has 4 N–H and O–H groups in total. The van der Waals surface area contributed by atoms with E-state index in [1.165, 1.54) is 18.3 Å². The second kappa shape index (κ2) is 6.67. The fraction of sp³-hybridized carbons (Fsp3) is 0.538. The van der Waals surface area contributed by atoms with Crippen molar-refractivity contribution in [3.05, 3.63) is 28.4 Å². The zero-order valence-corrected chi connectivity index (χ0v) is 11.7. The lowest BCUT2D eigenvalue weighted by Crippen LogP contribution is -2.35. The maximum absolute atomic E-state index is 10.7. The van der Waals surface area contributed by atoms with Gasteiger partial charge in [-0.2, -0.15) is 0 Å². The molecule has 0 bridgehead atoms. The monoisotopic (exact) mass is 309 g/mol. The standard InChI is InChI=1S/C13H17N4O5/c14-10(18)2-1-7-5-9(13(20)12(7)19)16-11-6-8(17(21)22)3-4-15-11/h3-4,6-7,9,12-14,19-20H,1-2,5H2,(H,15,16). The lowest BCUT2D eigenvalue weighted by molar-refractivity contribution is -0.384. The van der Waals surface area contributed by atoms with Crippen LogP contribution in [0.15, 0.2) is 18.3 Å². The van der Waals surface area contributed by atoms with E-state index >= 15 is 0 Å². The molecule has 119 valence electrons. The number of aliphatic hydroxyl groups is 2. The Morgan fingerprint density at radius 3 is 2.86 bits per heavy atom. The highest BCUT2D eigenvalue weighted by atomic mass is 16.6. The second-order valence-corrected chi connectivity index (χ2v) is 5.35. The van der Waals surface area contributed by atoms with Crippen molar-refractivity contribution in [1.82, 2.24) is 10.7 Å². The molecule has 1 aliphatic rings. The number of aromatic nitrogens is 1. The van der Waals surface area contributed by atoms with Crippen molar-refractivity contribution in [3.63, 3.8) is 0 Å². The van der Waals surface area contributed by atoms with Crippen molar-refractivity contribution in [2.75, 3.05) is 5.32 Å². The molecule has 0 aromatic carbocycles. The van der Waals surface area contributed by atoms with Crippen LogP contribution in [0.2, 0.25) is 0 Å². The van der Waals surface area contributed by atoms with E-state index in [4.69, 9.17) is 5.73 Å². The maximum atomic E-state index is 10.7. The zero-order chi connectivity index (χ0) is 16.3. The van der Waals surface area contributed by atoms with Crippen molar-refractivity contribution >= 4 is 17.4 Å². The van der Waals surface area contributed by atoms with E-state index in [1.54, 1.807) is 0 Å². The molecule has 1 aromatic rings. The van der Waals surface area contributed by atoms with Crippen molar-refractivity contribution in [2.45, 2.75) is 37.5 Å². The molecule has 1 aliphatic carbocycles. The number of nitrogens with zero attached hydrogens (tertiary/aromatic N) is 2. The Hall–Kier alpha value is -2.26. The number of carbonyl (C=O) groups excluding carboxylic acids is 1. The molecule has 0 spiro atoms. The predicted molar refractivity (Wildman–Crippen MR) is 75.8 cm³/mol. The number of nitrogens with one attached hydrogen (secondary N) is 2. The van der Waals surface area contributed by atoms with Crippen LogP contribution in [0.4, 0.5) is 11.5 Å². The van der Waals surface area contributed by atoms with Crippen LogP contribution in [0.1, 0.15) is 19.3 Å². The molecular weight excluding hydrogens is 292 g/mol. The minimum absolute atomic E-state index is 0.0240. The number of aliphatic hydroxyl groups excluding tert-OH is 2. The number of carbonyl (C=O) groups is 1. The first-order valence-corrected chi connectivity index (χ1v) is 6.86. The van der Waals surface area contributed by atoms with E-state index in [1.807, 2.05) is 0 Å². The summed E-state index contributed by atoms with van der Waals surface area (Å²) < 4.78 is 0. The lowest BCUT2D eigenvalue weighted by atomic mass is 9.99. The molecule has 1 saturated carbocycles. The van der Waals surface area contributed by atoms with Crippen LogP contribution >= 0.6 is 0 Å². The third-order valence-corrected chi connectivity index (χ3v) is 3.83. The van der Waals surface area contributed by atoms with Crippen LogP contribution in [0.25, 0.3) is 0 Å². The van der Waals surface area contributed by atoms with Crippen molar-refractivity contribution in [1.29, 1.82) is 0 Å². The normalized spacial score (nSPS) is 27.5. The van der Waals surface area contributed by atoms with Gasteiger partial charge in [0.25, 0.3) is 5.69 Å². The summed E-state index contributed by atoms with van der Waals surface area (Å²) in [5, 5.41) is 33.6. The van der Waals surface area contributed by atoms with Crippen LogP contribution in [-0.2, 0) is 4.79 Å². The van der Waals surface area contributed by atoms with Gasteiger partial charge in [-0.05, 0) is 18.8 Å². The van der Waals surface area contributed by atoms with E-state index in [-0.39, 0.29) is 23.8 Å². The number of hydrogen-bond donors (Lipinski definition) is 3. The average Bonchev–Trinajstić information content (AvgIpc) is 2.73. The molecule has 22 heavy (non-hydrogen) atoms. The first-order valence-electron chi connectivity index (χ1n) is 6.86. The smallest absolute Gasteiger partial charge is 0.274 e. The van der Waals surface area contributed by atoms with Crippen molar-refractivity contribution < 1.29 is 19.9 Å². The SMILES string of the molecule is [NH]C(=O)CCC1CC(Nc2cc([N+](=O)[O-])ccn2)C(O)C1O. The molecule has 4 unspecified atom stereocenters. The fourth-order valence-corrected chi connectivity index (χ4v) is 2.67. The van der Waals surface area contributed by atoms with E-state index in [0.717, 1.165) is 0 Å². The Labute approximate surface area is 126 Å². The Balaban J connectivity index is 2.02. The van der Waals surface area contributed by atoms with Crippen LogP contribution < -0.4 is 11.1 Å². The molecule has 1 fully saturated rings. The minimum atomic E-state index is -1.06. The first kappa shape index (κ1) is 16.1. The zero-order valence-electron chi connectivity index (χ0n) is 11.7. The Morgan fingerprint density at radius 1 is 1.50 bits per heavy atom.